The first-order chi connectivity index (χ1) is 8.97. The molecule has 1 N–H and O–H groups in total. The van der Waals surface area contributed by atoms with Crippen molar-refractivity contribution in [3.05, 3.63) is 56.7 Å². The molecular weight excluding hydrogens is 386 g/mol. The molecule has 0 unspecified atom stereocenters. The molecule has 1 aromatic heterocycles. The average Bonchev–Trinajstić information content (AvgIpc) is 2.36. The van der Waals surface area contributed by atoms with Crippen LogP contribution in [0, 0.1) is 11.6 Å². The summed E-state index contributed by atoms with van der Waals surface area (Å²) in [5.74, 6) is -1.96. The molecule has 1 heterocycles. The third kappa shape index (κ3) is 3.36. The van der Waals surface area contributed by atoms with Crippen LogP contribution in [-0.2, 0) is 0 Å². The van der Waals surface area contributed by atoms with Crippen LogP contribution < -0.4 is 5.32 Å². The maximum Gasteiger partial charge on any atom is 0.257 e. The fourth-order valence-corrected chi connectivity index (χ4v) is 1.87. The number of amides is 1. The van der Waals surface area contributed by atoms with Gasteiger partial charge >= 0.3 is 0 Å². The van der Waals surface area contributed by atoms with Gasteiger partial charge in [0, 0.05) is 12.3 Å². The van der Waals surface area contributed by atoms with Crippen LogP contribution in [0.3, 0.4) is 0 Å². The second-order valence-electron chi connectivity index (χ2n) is 3.57. The summed E-state index contributed by atoms with van der Waals surface area (Å²) in [6, 6.07) is 4.95. The lowest BCUT2D eigenvalue weighted by Gasteiger charge is -2.07. The van der Waals surface area contributed by atoms with Crippen LogP contribution in [0.5, 0.6) is 0 Å². The molecule has 0 bridgehead atoms. The number of nitrogens with zero attached hydrogens (tertiary/aromatic N) is 1. The van der Waals surface area contributed by atoms with Gasteiger partial charge in [0.25, 0.3) is 5.91 Å². The van der Waals surface area contributed by atoms with Gasteiger partial charge in [-0.2, -0.15) is 0 Å². The predicted molar refractivity (Wildman–Crippen MR) is 73.9 cm³/mol. The third-order valence-electron chi connectivity index (χ3n) is 2.25. The van der Waals surface area contributed by atoms with E-state index in [2.05, 4.69) is 42.2 Å². The highest BCUT2D eigenvalue weighted by Crippen LogP contribution is 2.23. The van der Waals surface area contributed by atoms with Crippen molar-refractivity contribution in [1.82, 2.24) is 4.98 Å². The molecule has 0 aliphatic heterocycles. The van der Waals surface area contributed by atoms with E-state index in [4.69, 9.17) is 0 Å². The summed E-state index contributed by atoms with van der Waals surface area (Å²) in [5, 5.41) is 2.28. The molecule has 0 aliphatic carbocycles. The van der Waals surface area contributed by atoms with Crippen molar-refractivity contribution in [2.24, 2.45) is 0 Å². The summed E-state index contributed by atoms with van der Waals surface area (Å²) in [6.45, 7) is 0. The minimum Gasteiger partial charge on any atom is -0.319 e. The Morgan fingerprint density at radius 1 is 1.16 bits per heavy atom. The second-order valence-corrected chi connectivity index (χ2v) is 5.24. The zero-order valence-corrected chi connectivity index (χ0v) is 12.4. The van der Waals surface area contributed by atoms with Crippen molar-refractivity contribution in [1.29, 1.82) is 0 Å². The van der Waals surface area contributed by atoms with Crippen LogP contribution in [0.15, 0.2) is 39.5 Å². The van der Waals surface area contributed by atoms with Crippen LogP contribution in [-0.4, -0.2) is 10.9 Å². The molecule has 0 radical (unpaired) electrons. The first-order valence-electron chi connectivity index (χ1n) is 5.05. The predicted octanol–water partition coefficient (Wildman–Crippen LogP) is 4.14. The van der Waals surface area contributed by atoms with Crippen LogP contribution in [0.4, 0.5) is 14.5 Å². The molecule has 2 rings (SSSR count). The van der Waals surface area contributed by atoms with Gasteiger partial charge in [0.1, 0.15) is 16.2 Å². The second kappa shape index (κ2) is 5.75. The number of carbonyl (C=O) groups is 1. The molecule has 3 nitrogen and oxygen atoms in total. The fraction of sp³-hybridized carbons (Fsp3) is 0. The average molecular weight is 392 g/mol. The summed E-state index contributed by atoms with van der Waals surface area (Å²) >= 11 is 5.99. The molecule has 98 valence electrons. The molecule has 0 atom stereocenters. The molecule has 1 aromatic carbocycles. The van der Waals surface area contributed by atoms with Gasteiger partial charge in [-0.05, 0) is 50.1 Å². The Kier molecular flexibility index (Phi) is 4.26. The summed E-state index contributed by atoms with van der Waals surface area (Å²) in [5.41, 5.74) is 0.0135. The first-order valence-corrected chi connectivity index (χ1v) is 6.63. The van der Waals surface area contributed by atoms with Crippen molar-refractivity contribution < 1.29 is 13.6 Å². The zero-order chi connectivity index (χ0) is 14.0. The van der Waals surface area contributed by atoms with Crippen LogP contribution >= 0.6 is 31.9 Å². The Balaban J connectivity index is 2.24. The molecule has 0 spiro atoms. The van der Waals surface area contributed by atoms with E-state index in [-0.39, 0.29) is 15.7 Å². The van der Waals surface area contributed by atoms with Crippen LogP contribution in [0.25, 0.3) is 0 Å². The van der Waals surface area contributed by atoms with E-state index >= 15 is 0 Å². The van der Waals surface area contributed by atoms with Crippen molar-refractivity contribution >= 4 is 43.5 Å². The SMILES string of the molecule is O=C(Nc1cc(F)c(Br)cc1F)c1ccc(Br)nc1. The molecule has 0 fully saturated rings. The van der Waals surface area contributed by atoms with Gasteiger partial charge in [0.15, 0.2) is 0 Å². The van der Waals surface area contributed by atoms with Crippen LogP contribution in [0.1, 0.15) is 10.4 Å². The van der Waals surface area contributed by atoms with E-state index in [1.54, 1.807) is 6.07 Å². The Morgan fingerprint density at radius 2 is 1.89 bits per heavy atom. The normalized spacial score (nSPS) is 10.3. The zero-order valence-electron chi connectivity index (χ0n) is 9.25. The first kappa shape index (κ1) is 14.1. The maximum atomic E-state index is 13.5. The van der Waals surface area contributed by atoms with E-state index in [0.29, 0.717) is 4.60 Å². The molecule has 0 saturated carbocycles. The summed E-state index contributed by atoms with van der Waals surface area (Å²) in [6.07, 6.45) is 1.33. The van der Waals surface area contributed by atoms with Crippen LogP contribution in [0.2, 0.25) is 0 Å². The van der Waals surface area contributed by atoms with Crippen molar-refractivity contribution in [3.63, 3.8) is 0 Å². The lowest BCUT2D eigenvalue weighted by atomic mass is 10.2. The number of hydrogen-bond acceptors (Lipinski definition) is 2. The quantitative estimate of drug-likeness (QED) is 0.617. The molecule has 2 aromatic rings. The van der Waals surface area contributed by atoms with Crippen molar-refractivity contribution in [2.45, 2.75) is 0 Å². The minimum atomic E-state index is -0.730. The van der Waals surface area contributed by atoms with Crippen molar-refractivity contribution in [2.75, 3.05) is 5.32 Å². The maximum absolute atomic E-state index is 13.5. The largest absolute Gasteiger partial charge is 0.319 e. The number of hydrogen-bond donors (Lipinski definition) is 1. The highest BCUT2D eigenvalue weighted by atomic mass is 79.9. The number of carbonyl (C=O) groups excluding carboxylic acids is 1. The Bertz CT molecular complexity index is 632. The number of anilines is 1. The fourth-order valence-electron chi connectivity index (χ4n) is 1.32. The minimum absolute atomic E-state index is 0.00620. The topological polar surface area (TPSA) is 42.0 Å². The monoisotopic (exact) mass is 390 g/mol. The van der Waals surface area contributed by atoms with E-state index < -0.39 is 17.5 Å². The summed E-state index contributed by atoms with van der Waals surface area (Å²) in [4.78, 5) is 15.7. The number of nitrogens with one attached hydrogen (secondary N) is 1. The smallest absolute Gasteiger partial charge is 0.257 e. The van der Waals surface area contributed by atoms with Crippen molar-refractivity contribution in [3.8, 4) is 0 Å². The van der Waals surface area contributed by atoms with Gasteiger partial charge in [-0.15, -0.1) is 0 Å². The highest BCUT2D eigenvalue weighted by molar-refractivity contribution is 9.10. The lowest BCUT2D eigenvalue weighted by molar-refractivity contribution is 0.102. The number of halogens is 4. The Hall–Kier alpha value is -1.34. The van der Waals surface area contributed by atoms with E-state index in [9.17, 15) is 13.6 Å². The highest BCUT2D eigenvalue weighted by Gasteiger charge is 2.12. The number of aromatic nitrogens is 1. The Morgan fingerprint density at radius 3 is 2.53 bits per heavy atom. The molecule has 0 aliphatic rings. The number of rotatable bonds is 2. The number of benzene rings is 1. The van der Waals surface area contributed by atoms with Gasteiger partial charge in [-0.3, -0.25) is 4.79 Å². The summed E-state index contributed by atoms with van der Waals surface area (Å²) in [7, 11) is 0. The summed E-state index contributed by atoms with van der Waals surface area (Å²) < 4.78 is 27.4. The van der Waals surface area contributed by atoms with Gasteiger partial charge in [-0.25, -0.2) is 13.8 Å². The lowest BCUT2D eigenvalue weighted by Crippen LogP contribution is -2.13. The van der Waals surface area contributed by atoms with E-state index in [0.717, 1.165) is 12.1 Å². The molecule has 0 saturated heterocycles. The Labute approximate surface area is 124 Å². The van der Waals surface area contributed by atoms with Gasteiger partial charge in [0.05, 0.1) is 15.7 Å². The van der Waals surface area contributed by atoms with Gasteiger partial charge < -0.3 is 5.32 Å². The third-order valence-corrected chi connectivity index (χ3v) is 3.32. The molecular formula is C12H6Br2F2N2O. The number of pyridine rings is 1. The molecule has 7 heteroatoms. The molecule has 19 heavy (non-hydrogen) atoms. The van der Waals surface area contributed by atoms with E-state index in [1.165, 1.54) is 12.3 Å². The standard InChI is InChI=1S/C12H6Br2F2N2O/c13-7-3-9(16)10(4-8(7)15)18-12(19)6-1-2-11(14)17-5-6/h1-5H,(H,18,19). The van der Waals surface area contributed by atoms with Gasteiger partial charge in [-0.1, -0.05) is 0 Å². The van der Waals surface area contributed by atoms with Gasteiger partial charge in [0.2, 0.25) is 0 Å². The van der Waals surface area contributed by atoms with E-state index in [1.807, 2.05) is 0 Å². The molecule has 1 amide bonds.